The van der Waals surface area contributed by atoms with Crippen molar-refractivity contribution in [3.63, 3.8) is 0 Å². The molecule has 0 radical (unpaired) electrons. The molecule has 8 heteroatoms. The Bertz CT molecular complexity index is 1640. The van der Waals surface area contributed by atoms with Crippen LogP contribution in [-0.4, -0.2) is 53.2 Å². The van der Waals surface area contributed by atoms with Gasteiger partial charge in [0.15, 0.2) is 0 Å². The van der Waals surface area contributed by atoms with E-state index in [0.29, 0.717) is 13.2 Å². The Kier molecular flexibility index (Phi) is 6.10. The number of hydrogen-bond acceptors (Lipinski definition) is 6. The number of fused-ring (bicyclic) bond motifs is 6. The topological polar surface area (TPSA) is 69.6 Å². The van der Waals surface area contributed by atoms with Gasteiger partial charge in [-0.15, -0.1) is 0 Å². The molecule has 0 unspecified atom stereocenters. The van der Waals surface area contributed by atoms with Gasteiger partial charge in [-0.1, -0.05) is 24.3 Å². The maximum Gasteiger partial charge on any atom is 0.494 e. The molecule has 4 heterocycles. The summed E-state index contributed by atoms with van der Waals surface area (Å²) in [5.41, 5.74) is 6.34. The maximum absolute atomic E-state index is 12.9. The van der Waals surface area contributed by atoms with E-state index in [9.17, 15) is 4.79 Å². The molecule has 0 saturated carbocycles. The van der Waals surface area contributed by atoms with Crippen LogP contribution < -0.4 is 10.2 Å². The second kappa shape index (κ2) is 9.32. The lowest BCUT2D eigenvalue weighted by Gasteiger charge is -2.32. The lowest BCUT2D eigenvalue weighted by atomic mass is 9.77. The zero-order valence-corrected chi connectivity index (χ0v) is 25.7. The molecule has 3 aromatic carbocycles. The number of nitrogens with zero attached hydrogens (tertiary/aromatic N) is 2. The van der Waals surface area contributed by atoms with Crippen molar-refractivity contribution in [1.29, 1.82) is 0 Å². The van der Waals surface area contributed by atoms with Crippen molar-refractivity contribution in [2.75, 3.05) is 6.54 Å². The zero-order valence-electron chi connectivity index (χ0n) is 25.7. The molecule has 0 spiro atoms. The summed E-state index contributed by atoms with van der Waals surface area (Å²) >= 11 is 0. The predicted octanol–water partition coefficient (Wildman–Crippen LogP) is 6.73. The van der Waals surface area contributed by atoms with E-state index in [-0.39, 0.29) is 23.3 Å². The molecule has 218 valence electrons. The van der Waals surface area contributed by atoms with Gasteiger partial charge in [-0.25, -0.2) is 4.79 Å². The second-order valence-corrected chi connectivity index (χ2v) is 14.0. The first kappa shape index (κ1) is 27.5. The Morgan fingerprint density at radius 2 is 1.79 bits per heavy atom. The van der Waals surface area contributed by atoms with Crippen LogP contribution in [0, 0.1) is 0 Å². The van der Waals surface area contributed by atoms with Gasteiger partial charge in [0.25, 0.3) is 0 Å². The molecule has 2 saturated heterocycles. The third-order valence-corrected chi connectivity index (χ3v) is 9.42. The Labute approximate surface area is 248 Å². The van der Waals surface area contributed by atoms with Crippen molar-refractivity contribution >= 4 is 40.8 Å². The lowest BCUT2D eigenvalue weighted by Crippen LogP contribution is -2.43. The van der Waals surface area contributed by atoms with Crippen molar-refractivity contribution < 1.29 is 23.6 Å². The van der Waals surface area contributed by atoms with Gasteiger partial charge >= 0.3 is 13.2 Å². The Balaban J connectivity index is 1.16. The molecule has 7 rings (SSSR count). The third-order valence-electron chi connectivity index (χ3n) is 9.42. The first-order chi connectivity index (χ1) is 19.8. The minimum Gasteiger partial charge on any atom is -0.488 e. The van der Waals surface area contributed by atoms with Gasteiger partial charge in [-0.2, -0.15) is 0 Å². The summed E-state index contributed by atoms with van der Waals surface area (Å²) in [7, 11) is -0.402. The smallest absolute Gasteiger partial charge is 0.488 e. The molecular formula is C34H39BN2O5. The third kappa shape index (κ3) is 4.51. The summed E-state index contributed by atoms with van der Waals surface area (Å²) in [5.74, 6) is 0.886. The van der Waals surface area contributed by atoms with Crippen LogP contribution in [-0.2, 0) is 27.1 Å². The number of carbonyl (C=O) groups is 1. The molecular weight excluding hydrogens is 527 g/mol. The molecule has 0 aliphatic carbocycles. The summed E-state index contributed by atoms with van der Waals surface area (Å²) in [4.78, 5) is 19.8. The largest absolute Gasteiger partial charge is 0.494 e. The predicted molar refractivity (Wildman–Crippen MR) is 166 cm³/mol. The normalized spacial score (nSPS) is 22.0. The first-order valence-corrected chi connectivity index (χ1v) is 15.1. The highest BCUT2D eigenvalue weighted by Gasteiger charge is 2.51. The van der Waals surface area contributed by atoms with E-state index in [2.05, 4.69) is 70.2 Å². The molecule has 42 heavy (non-hydrogen) atoms. The summed E-state index contributed by atoms with van der Waals surface area (Å²) in [6, 6.07) is 15.1. The van der Waals surface area contributed by atoms with Crippen LogP contribution in [0.3, 0.4) is 0 Å². The van der Waals surface area contributed by atoms with Gasteiger partial charge in [0, 0.05) is 24.2 Å². The highest BCUT2D eigenvalue weighted by atomic mass is 16.7. The molecule has 0 aromatic heterocycles. The molecule has 1 amide bonds. The van der Waals surface area contributed by atoms with Crippen LogP contribution in [0.4, 0.5) is 10.5 Å². The first-order valence-electron chi connectivity index (χ1n) is 15.1. The zero-order chi connectivity index (χ0) is 29.6. The fourth-order valence-electron chi connectivity index (χ4n) is 6.52. The standard InChI is InChI=1S/C34H39BN2O5/c1-32(2,3)40-31(38)37-14-8-9-29(37)28-17-25-24-18-30-26(16-20(24)10-13-27(25)36-28)23-12-11-22(15-21(23)19-39-30)35-41-33(4,5)34(6,7)42-35/h10-13,15-16,18,29H,8-9,14,17,19H2,1-7H3/t29-/m0/s1. The summed E-state index contributed by atoms with van der Waals surface area (Å²) in [6.45, 7) is 15.2. The highest BCUT2D eigenvalue weighted by molar-refractivity contribution is 6.62. The molecule has 4 aliphatic heterocycles. The van der Waals surface area contributed by atoms with Crippen molar-refractivity contribution in [3.05, 3.63) is 53.6 Å². The van der Waals surface area contributed by atoms with Gasteiger partial charge in [0.1, 0.15) is 18.0 Å². The van der Waals surface area contributed by atoms with E-state index in [4.69, 9.17) is 23.8 Å². The van der Waals surface area contributed by atoms with Crippen molar-refractivity contribution in [1.82, 2.24) is 4.90 Å². The quantitative estimate of drug-likeness (QED) is 0.322. The number of rotatable bonds is 2. The van der Waals surface area contributed by atoms with Crippen molar-refractivity contribution in [3.8, 4) is 16.9 Å². The van der Waals surface area contributed by atoms with Gasteiger partial charge in [-0.3, -0.25) is 9.89 Å². The molecule has 3 aromatic rings. The van der Waals surface area contributed by atoms with Crippen molar-refractivity contribution in [2.45, 2.75) is 97.2 Å². The Morgan fingerprint density at radius 3 is 2.52 bits per heavy atom. The number of ether oxygens (including phenoxy) is 2. The molecule has 0 bridgehead atoms. The number of aliphatic imine (C=N–C) groups is 1. The number of benzene rings is 3. The number of hydrogen-bond donors (Lipinski definition) is 0. The Morgan fingerprint density at radius 1 is 1.02 bits per heavy atom. The van der Waals surface area contributed by atoms with Crippen LogP contribution in [0.1, 0.15) is 72.4 Å². The molecule has 2 fully saturated rings. The summed E-state index contributed by atoms with van der Waals surface area (Å²) in [6.07, 6.45) is 2.34. The van der Waals surface area contributed by atoms with Crippen LogP contribution in [0.25, 0.3) is 21.9 Å². The molecule has 7 nitrogen and oxygen atoms in total. The molecule has 1 atom stereocenters. The Hall–Kier alpha value is -3.36. The van der Waals surface area contributed by atoms with Crippen LogP contribution >= 0.6 is 0 Å². The highest BCUT2D eigenvalue weighted by Crippen LogP contribution is 2.44. The number of likely N-dealkylation sites (tertiary alicyclic amines) is 1. The van der Waals surface area contributed by atoms with E-state index >= 15 is 0 Å². The summed E-state index contributed by atoms with van der Waals surface area (Å²) in [5, 5.41) is 2.31. The van der Waals surface area contributed by atoms with E-state index in [1.807, 2.05) is 25.7 Å². The van der Waals surface area contributed by atoms with Gasteiger partial charge in [0.2, 0.25) is 0 Å². The SMILES string of the molecule is CC(C)(C)OC(=O)N1CCC[C@H]1C1=Nc2ccc3cc4c(cc3c2C1)OCc1cc(B2OC(C)(C)C(C)(C)O2)ccc1-4. The van der Waals surface area contributed by atoms with E-state index in [0.717, 1.165) is 63.8 Å². The van der Waals surface area contributed by atoms with Crippen LogP contribution in [0.15, 0.2) is 47.5 Å². The minimum absolute atomic E-state index is 0.0266. The summed E-state index contributed by atoms with van der Waals surface area (Å²) < 4.78 is 24.6. The van der Waals surface area contributed by atoms with Crippen LogP contribution in [0.2, 0.25) is 0 Å². The van der Waals surface area contributed by atoms with E-state index < -0.39 is 12.7 Å². The van der Waals surface area contributed by atoms with E-state index in [1.54, 1.807) is 0 Å². The molecule has 0 N–H and O–H groups in total. The minimum atomic E-state index is -0.522. The average molecular weight is 567 g/mol. The fraction of sp³-hybridized carbons (Fsp3) is 0.471. The number of amides is 1. The lowest BCUT2D eigenvalue weighted by molar-refractivity contribution is 0.00578. The fourth-order valence-corrected chi connectivity index (χ4v) is 6.52. The number of carbonyl (C=O) groups excluding carboxylic acids is 1. The molecule has 4 aliphatic rings. The second-order valence-electron chi connectivity index (χ2n) is 14.0. The van der Waals surface area contributed by atoms with E-state index in [1.165, 1.54) is 11.1 Å². The van der Waals surface area contributed by atoms with Crippen molar-refractivity contribution in [2.24, 2.45) is 4.99 Å². The van der Waals surface area contributed by atoms with Gasteiger partial charge in [0.05, 0.1) is 22.9 Å². The van der Waals surface area contributed by atoms with Gasteiger partial charge < -0.3 is 18.8 Å². The average Bonchev–Trinajstić information content (AvgIpc) is 3.62. The monoisotopic (exact) mass is 566 g/mol. The van der Waals surface area contributed by atoms with Gasteiger partial charge in [-0.05, 0) is 112 Å². The maximum atomic E-state index is 12.9. The van der Waals surface area contributed by atoms with Crippen LogP contribution in [0.5, 0.6) is 5.75 Å².